The largest absolute Gasteiger partial charge is 0.446 e. The molecule has 8 heteroatoms. The standard InChI is InChI=1S/C6H3F3N2O2S/c7-6(8,9)14-4-2-1-3-10-5(4)11(12)13/h1-3H. The zero-order valence-electron chi connectivity index (χ0n) is 6.49. The lowest BCUT2D eigenvalue weighted by molar-refractivity contribution is -0.392. The van der Waals surface area contributed by atoms with Crippen molar-refractivity contribution in [2.75, 3.05) is 0 Å². The van der Waals surface area contributed by atoms with Gasteiger partial charge in [-0.2, -0.15) is 13.2 Å². The van der Waals surface area contributed by atoms with Crippen LogP contribution in [-0.2, 0) is 0 Å². The van der Waals surface area contributed by atoms with Crippen LogP contribution in [-0.4, -0.2) is 15.4 Å². The molecule has 0 aliphatic carbocycles. The van der Waals surface area contributed by atoms with E-state index in [4.69, 9.17) is 0 Å². The van der Waals surface area contributed by atoms with Crippen LogP contribution in [0, 0.1) is 10.1 Å². The molecule has 0 saturated carbocycles. The third kappa shape index (κ3) is 2.87. The van der Waals surface area contributed by atoms with Crippen LogP contribution in [0.4, 0.5) is 19.0 Å². The average Bonchev–Trinajstić information content (AvgIpc) is 2.01. The van der Waals surface area contributed by atoms with Crippen LogP contribution < -0.4 is 0 Å². The normalized spacial score (nSPS) is 11.4. The summed E-state index contributed by atoms with van der Waals surface area (Å²) in [7, 11) is 0. The van der Waals surface area contributed by atoms with E-state index >= 15 is 0 Å². The molecule has 0 unspecified atom stereocenters. The van der Waals surface area contributed by atoms with Crippen molar-refractivity contribution < 1.29 is 18.1 Å². The number of thioether (sulfide) groups is 1. The van der Waals surface area contributed by atoms with E-state index in [9.17, 15) is 23.3 Å². The van der Waals surface area contributed by atoms with E-state index in [1.54, 1.807) is 0 Å². The predicted octanol–water partition coefficient (Wildman–Crippen LogP) is 2.60. The Labute approximate surface area is 80.3 Å². The van der Waals surface area contributed by atoms with Gasteiger partial charge in [-0.25, -0.2) is 0 Å². The Hall–Kier alpha value is -1.31. The van der Waals surface area contributed by atoms with E-state index in [0.29, 0.717) is 0 Å². The molecule has 0 N–H and O–H groups in total. The van der Waals surface area contributed by atoms with Gasteiger partial charge in [-0.05, 0) is 33.8 Å². The molecule has 0 fully saturated rings. The van der Waals surface area contributed by atoms with E-state index in [2.05, 4.69) is 4.98 Å². The van der Waals surface area contributed by atoms with Crippen molar-refractivity contribution in [3.63, 3.8) is 0 Å². The molecule has 0 spiro atoms. The van der Waals surface area contributed by atoms with Crippen LogP contribution in [0.15, 0.2) is 23.2 Å². The van der Waals surface area contributed by atoms with Gasteiger partial charge in [-0.3, -0.25) is 0 Å². The summed E-state index contributed by atoms with van der Waals surface area (Å²) in [5, 5.41) is 10.3. The maximum atomic E-state index is 11.9. The highest BCUT2D eigenvalue weighted by Gasteiger charge is 2.33. The molecule has 0 saturated heterocycles. The highest BCUT2D eigenvalue weighted by molar-refractivity contribution is 8.00. The van der Waals surface area contributed by atoms with Crippen molar-refractivity contribution in [1.29, 1.82) is 0 Å². The molecule has 1 rings (SSSR count). The number of nitro groups is 1. The minimum absolute atomic E-state index is 0.509. The minimum Gasteiger partial charge on any atom is -0.358 e. The predicted molar refractivity (Wildman–Crippen MR) is 42.8 cm³/mol. The Morgan fingerprint density at radius 1 is 1.50 bits per heavy atom. The molecule has 1 heterocycles. The summed E-state index contributed by atoms with van der Waals surface area (Å²) in [6, 6.07) is 2.21. The van der Waals surface area contributed by atoms with E-state index < -0.39 is 32.9 Å². The van der Waals surface area contributed by atoms with Gasteiger partial charge in [0.25, 0.3) is 0 Å². The Kier molecular flexibility index (Phi) is 2.94. The fourth-order valence-electron chi connectivity index (χ4n) is 0.724. The van der Waals surface area contributed by atoms with Crippen LogP contribution in [0.25, 0.3) is 0 Å². The second kappa shape index (κ2) is 3.82. The van der Waals surface area contributed by atoms with Crippen molar-refractivity contribution in [3.8, 4) is 0 Å². The highest BCUT2D eigenvalue weighted by atomic mass is 32.2. The van der Waals surface area contributed by atoms with Crippen molar-refractivity contribution in [3.05, 3.63) is 28.4 Å². The van der Waals surface area contributed by atoms with Gasteiger partial charge in [-0.15, -0.1) is 0 Å². The summed E-state index contributed by atoms with van der Waals surface area (Å²) < 4.78 is 35.7. The quantitative estimate of drug-likeness (QED) is 0.440. The van der Waals surface area contributed by atoms with Gasteiger partial charge >= 0.3 is 11.3 Å². The first-order chi connectivity index (χ1) is 6.40. The van der Waals surface area contributed by atoms with Crippen molar-refractivity contribution in [2.24, 2.45) is 0 Å². The van der Waals surface area contributed by atoms with E-state index in [1.807, 2.05) is 0 Å². The molecule has 0 aromatic carbocycles. The van der Waals surface area contributed by atoms with Crippen LogP contribution in [0.3, 0.4) is 0 Å². The monoisotopic (exact) mass is 224 g/mol. The fraction of sp³-hybridized carbons (Fsp3) is 0.167. The number of aromatic nitrogens is 1. The Bertz CT molecular complexity index is 355. The number of hydrogen-bond donors (Lipinski definition) is 0. The first-order valence-electron chi connectivity index (χ1n) is 3.25. The van der Waals surface area contributed by atoms with Crippen molar-refractivity contribution in [2.45, 2.75) is 10.4 Å². The maximum Gasteiger partial charge on any atom is 0.446 e. The fourth-order valence-corrected chi connectivity index (χ4v) is 1.34. The molecule has 76 valence electrons. The number of halogens is 3. The number of hydrogen-bond acceptors (Lipinski definition) is 4. The van der Waals surface area contributed by atoms with E-state index in [0.717, 1.165) is 12.3 Å². The summed E-state index contributed by atoms with van der Waals surface area (Å²) in [6.45, 7) is 0. The summed E-state index contributed by atoms with van der Waals surface area (Å²) in [6.07, 6.45) is 1.07. The Morgan fingerprint density at radius 2 is 2.14 bits per heavy atom. The second-order valence-electron chi connectivity index (χ2n) is 2.13. The molecule has 0 amide bonds. The summed E-state index contributed by atoms with van der Waals surface area (Å²) in [4.78, 5) is 12.1. The molecular weight excluding hydrogens is 221 g/mol. The molecular formula is C6H3F3N2O2S. The number of alkyl halides is 3. The average molecular weight is 224 g/mol. The molecule has 0 aliphatic heterocycles. The highest BCUT2D eigenvalue weighted by Crippen LogP contribution is 2.39. The molecule has 1 aromatic rings. The third-order valence-electron chi connectivity index (χ3n) is 1.15. The number of pyridine rings is 1. The Morgan fingerprint density at radius 3 is 2.64 bits per heavy atom. The van der Waals surface area contributed by atoms with Crippen molar-refractivity contribution in [1.82, 2.24) is 4.98 Å². The van der Waals surface area contributed by atoms with Crippen LogP contribution >= 0.6 is 11.8 Å². The third-order valence-corrected chi connectivity index (χ3v) is 1.92. The number of rotatable bonds is 2. The molecule has 0 radical (unpaired) electrons. The first-order valence-corrected chi connectivity index (χ1v) is 4.07. The van der Waals surface area contributed by atoms with Crippen molar-refractivity contribution >= 4 is 17.6 Å². The first kappa shape index (κ1) is 10.8. The van der Waals surface area contributed by atoms with E-state index in [1.165, 1.54) is 6.07 Å². The van der Waals surface area contributed by atoms with Crippen LogP contribution in [0.1, 0.15) is 0 Å². The smallest absolute Gasteiger partial charge is 0.358 e. The molecule has 14 heavy (non-hydrogen) atoms. The van der Waals surface area contributed by atoms with Gasteiger partial charge in [0.2, 0.25) is 0 Å². The maximum absolute atomic E-state index is 11.9. The molecule has 4 nitrogen and oxygen atoms in total. The lowest BCUT2D eigenvalue weighted by Crippen LogP contribution is -2.02. The second-order valence-corrected chi connectivity index (χ2v) is 3.24. The zero-order chi connectivity index (χ0) is 10.8. The Balaban J connectivity index is 3.02. The van der Waals surface area contributed by atoms with Crippen LogP contribution in [0.2, 0.25) is 0 Å². The molecule has 0 bridgehead atoms. The topological polar surface area (TPSA) is 56.0 Å². The summed E-state index contributed by atoms with van der Waals surface area (Å²) in [5.41, 5.74) is -4.55. The summed E-state index contributed by atoms with van der Waals surface area (Å²) >= 11 is -0.548. The SMILES string of the molecule is O=[N+]([O-])c1ncccc1SC(F)(F)F. The lowest BCUT2D eigenvalue weighted by atomic mass is 10.5. The molecule has 0 atom stereocenters. The van der Waals surface area contributed by atoms with Gasteiger partial charge in [-0.1, -0.05) is 0 Å². The molecule has 0 aliphatic rings. The van der Waals surface area contributed by atoms with Gasteiger partial charge < -0.3 is 10.1 Å². The van der Waals surface area contributed by atoms with Gasteiger partial charge in [0.15, 0.2) is 0 Å². The van der Waals surface area contributed by atoms with Gasteiger partial charge in [0, 0.05) is 0 Å². The summed E-state index contributed by atoms with van der Waals surface area (Å²) in [5.74, 6) is -0.783. The van der Waals surface area contributed by atoms with Gasteiger partial charge in [0.05, 0.1) is 0 Å². The van der Waals surface area contributed by atoms with Crippen LogP contribution in [0.5, 0.6) is 0 Å². The number of nitrogens with zero attached hydrogens (tertiary/aromatic N) is 2. The van der Waals surface area contributed by atoms with Gasteiger partial charge in [0.1, 0.15) is 11.1 Å². The molecule has 1 aromatic heterocycles. The zero-order valence-corrected chi connectivity index (χ0v) is 7.30. The van der Waals surface area contributed by atoms with E-state index in [-0.39, 0.29) is 0 Å². The lowest BCUT2D eigenvalue weighted by Gasteiger charge is -2.04. The minimum atomic E-state index is -4.55.